The smallest absolute Gasteiger partial charge is 0.293 e. The zero-order valence-electron chi connectivity index (χ0n) is 12.2. The lowest BCUT2D eigenvalue weighted by molar-refractivity contribution is -0.384. The molecule has 1 atom stereocenters. The molecule has 7 heteroatoms. The van der Waals surface area contributed by atoms with E-state index in [1.165, 1.54) is 13.2 Å². The van der Waals surface area contributed by atoms with E-state index < -0.39 is 10.8 Å². The van der Waals surface area contributed by atoms with Crippen LogP contribution in [0.4, 0.5) is 11.4 Å². The fourth-order valence-electron chi connectivity index (χ4n) is 2.64. The molecule has 0 aromatic heterocycles. The number of hydroxylamine groups is 1. The van der Waals surface area contributed by atoms with Gasteiger partial charge in [0.05, 0.1) is 12.0 Å². The number of carbonyl (C=O) groups excluding carboxylic acids is 1. The topological polar surface area (TPSA) is 84.7 Å². The van der Waals surface area contributed by atoms with Gasteiger partial charge in [-0.05, 0) is 30.9 Å². The number of anilines is 1. The summed E-state index contributed by atoms with van der Waals surface area (Å²) in [6, 6.07) is 4.51. The molecular weight excluding hydrogens is 274 g/mol. The molecule has 1 N–H and O–H groups in total. The van der Waals surface area contributed by atoms with Crippen LogP contribution in [0, 0.1) is 16.0 Å². The molecule has 1 fully saturated rings. The number of rotatable bonds is 4. The number of carbonyl (C=O) groups is 1. The summed E-state index contributed by atoms with van der Waals surface area (Å²) in [6.45, 7) is 3.73. The second-order valence-corrected chi connectivity index (χ2v) is 5.29. The number of nitrogens with zero attached hydrogens (tertiary/aromatic N) is 2. The largest absolute Gasteiger partial charge is 0.366 e. The van der Waals surface area contributed by atoms with Gasteiger partial charge in [-0.25, -0.2) is 5.48 Å². The van der Waals surface area contributed by atoms with E-state index in [9.17, 15) is 14.9 Å². The molecule has 1 heterocycles. The molecule has 21 heavy (non-hydrogen) atoms. The van der Waals surface area contributed by atoms with Gasteiger partial charge in [0.25, 0.3) is 11.6 Å². The van der Waals surface area contributed by atoms with Crippen LogP contribution in [0.15, 0.2) is 18.2 Å². The van der Waals surface area contributed by atoms with Crippen LogP contribution in [0.1, 0.15) is 30.1 Å². The Morgan fingerprint density at radius 3 is 2.90 bits per heavy atom. The van der Waals surface area contributed by atoms with E-state index in [0.717, 1.165) is 25.9 Å². The van der Waals surface area contributed by atoms with Crippen molar-refractivity contribution >= 4 is 17.3 Å². The highest BCUT2D eigenvalue weighted by molar-refractivity contribution is 5.95. The maximum Gasteiger partial charge on any atom is 0.293 e. The summed E-state index contributed by atoms with van der Waals surface area (Å²) in [7, 11) is 1.32. The summed E-state index contributed by atoms with van der Waals surface area (Å²) >= 11 is 0. The average Bonchev–Trinajstić information content (AvgIpc) is 2.46. The van der Waals surface area contributed by atoms with Crippen molar-refractivity contribution in [3.05, 3.63) is 33.9 Å². The number of nitrogens with one attached hydrogen (secondary N) is 1. The summed E-state index contributed by atoms with van der Waals surface area (Å²) in [5.74, 6) is 0.00832. The zero-order chi connectivity index (χ0) is 15.4. The molecule has 1 saturated heterocycles. The summed E-state index contributed by atoms with van der Waals surface area (Å²) in [4.78, 5) is 29.1. The number of hydrogen-bond acceptors (Lipinski definition) is 5. The molecule has 0 bridgehead atoms. The van der Waals surface area contributed by atoms with Gasteiger partial charge < -0.3 is 4.90 Å². The average molecular weight is 293 g/mol. The molecule has 1 unspecified atom stereocenters. The normalized spacial score (nSPS) is 18.4. The Labute approximate surface area is 123 Å². The van der Waals surface area contributed by atoms with Crippen molar-refractivity contribution in [2.75, 3.05) is 25.1 Å². The summed E-state index contributed by atoms with van der Waals surface area (Å²) in [5.41, 5.74) is 2.89. The molecule has 1 aliphatic heterocycles. The highest BCUT2D eigenvalue weighted by Crippen LogP contribution is 2.32. The van der Waals surface area contributed by atoms with Gasteiger partial charge in [0.1, 0.15) is 5.69 Å². The predicted octanol–water partition coefficient (Wildman–Crippen LogP) is 2.12. The van der Waals surface area contributed by atoms with E-state index in [1.54, 1.807) is 12.1 Å². The molecular formula is C14H19N3O4. The third kappa shape index (κ3) is 3.49. The van der Waals surface area contributed by atoms with Crippen LogP contribution < -0.4 is 10.4 Å². The minimum Gasteiger partial charge on any atom is -0.366 e. The number of piperidine rings is 1. The monoisotopic (exact) mass is 293 g/mol. The van der Waals surface area contributed by atoms with E-state index >= 15 is 0 Å². The van der Waals surface area contributed by atoms with Crippen LogP contribution in [0.25, 0.3) is 0 Å². The molecule has 114 valence electrons. The zero-order valence-corrected chi connectivity index (χ0v) is 12.2. The molecule has 0 radical (unpaired) electrons. The summed E-state index contributed by atoms with van der Waals surface area (Å²) in [6.07, 6.45) is 2.16. The number of nitro benzene ring substituents is 1. The van der Waals surface area contributed by atoms with E-state index in [0.29, 0.717) is 11.6 Å². The van der Waals surface area contributed by atoms with Crippen molar-refractivity contribution in [2.45, 2.75) is 19.8 Å². The summed E-state index contributed by atoms with van der Waals surface area (Å²) in [5, 5.41) is 11.3. The quantitative estimate of drug-likeness (QED) is 0.679. The Morgan fingerprint density at radius 2 is 2.29 bits per heavy atom. The van der Waals surface area contributed by atoms with Crippen molar-refractivity contribution in [3.8, 4) is 0 Å². The first-order chi connectivity index (χ1) is 10.0. The van der Waals surface area contributed by atoms with Crippen LogP contribution in [0.2, 0.25) is 0 Å². The van der Waals surface area contributed by atoms with Gasteiger partial charge in [-0.15, -0.1) is 0 Å². The third-order valence-electron chi connectivity index (χ3n) is 3.63. The Kier molecular flexibility index (Phi) is 4.74. The van der Waals surface area contributed by atoms with Crippen LogP contribution in [-0.2, 0) is 4.84 Å². The Balaban J connectivity index is 2.33. The highest BCUT2D eigenvalue weighted by atomic mass is 16.6. The van der Waals surface area contributed by atoms with Crippen LogP contribution in [-0.4, -0.2) is 31.0 Å². The van der Waals surface area contributed by atoms with Crippen LogP contribution >= 0.6 is 0 Å². The number of amides is 1. The van der Waals surface area contributed by atoms with Crippen molar-refractivity contribution in [3.63, 3.8) is 0 Å². The molecule has 0 saturated carbocycles. The molecule has 0 spiro atoms. The molecule has 1 aliphatic rings. The van der Waals surface area contributed by atoms with Gasteiger partial charge in [0, 0.05) is 24.7 Å². The molecule has 0 aliphatic carbocycles. The van der Waals surface area contributed by atoms with Crippen molar-refractivity contribution in [2.24, 2.45) is 5.92 Å². The number of benzene rings is 1. The maximum absolute atomic E-state index is 11.7. The first kappa shape index (κ1) is 15.2. The minimum atomic E-state index is -0.501. The lowest BCUT2D eigenvalue weighted by Crippen LogP contribution is -2.34. The van der Waals surface area contributed by atoms with E-state index in [4.69, 9.17) is 0 Å². The molecule has 2 rings (SSSR count). The maximum atomic E-state index is 11.7. The number of nitro groups is 1. The first-order valence-corrected chi connectivity index (χ1v) is 6.89. The third-order valence-corrected chi connectivity index (χ3v) is 3.63. The van der Waals surface area contributed by atoms with Crippen molar-refractivity contribution < 1.29 is 14.6 Å². The Morgan fingerprint density at radius 1 is 1.52 bits per heavy atom. The fourth-order valence-corrected chi connectivity index (χ4v) is 2.64. The molecule has 1 aromatic carbocycles. The predicted molar refractivity (Wildman–Crippen MR) is 78.2 cm³/mol. The number of hydrogen-bond donors (Lipinski definition) is 1. The lowest BCUT2D eigenvalue weighted by Gasteiger charge is -2.32. The minimum absolute atomic E-state index is 0.0483. The van der Waals surface area contributed by atoms with Crippen LogP contribution in [0.3, 0.4) is 0 Å². The first-order valence-electron chi connectivity index (χ1n) is 6.89. The van der Waals surface area contributed by atoms with Crippen molar-refractivity contribution in [1.29, 1.82) is 0 Å². The Bertz CT molecular complexity index is 547. The van der Waals surface area contributed by atoms with Crippen LogP contribution in [0.5, 0.6) is 0 Å². The van der Waals surface area contributed by atoms with E-state index in [2.05, 4.69) is 17.2 Å². The lowest BCUT2D eigenvalue weighted by atomic mass is 9.99. The van der Waals surface area contributed by atoms with E-state index in [1.807, 2.05) is 4.90 Å². The van der Waals surface area contributed by atoms with Crippen molar-refractivity contribution in [1.82, 2.24) is 5.48 Å². The second-order valence-electron chi connectivity index (χ2n) is 5.29. The van der Waals surface area contributed by atoms with Gasteiger partial charge in [-0.1, -0.05) is 6.92 Å². The SMILES string of the molecule is CONC(=O)c1ccc(N2CCCC(C)C2)c([N+](=O)[O-])c1. The van der Waals surface area contributed by atoms with Gasteiger partial charge >= 0.3 is 0 Å². The molecule has 1 amide bonds. The van der Waals surface area contributed by atoms with Gasteiger partial charge in [0.2, 0.25) is 0 Å². The summed E-state index contributed by atoms with van der Waals surface area (Å²) < 4.78 is 0. The fraction of sp³-hybridized carbons (Fsp3) is 0.500. The standard InChI is InChI=1S/C14H19N3O4/c1-10-4-3-7-16(9-10)12-6-5-11(14(18)15-21-2)8-13(12)17(19)20/h5-6,8,10H,3-4,7,9H2,1-2H3,(H,15,18). The van der Waals surface area contributed by atoms with Gasteiger partial charge in [-0.3, -0.25) is 19.7 Å². The molecule has 1 aromatic rings. The van der Waals surface area contributed by atoms with Gasteiger partial charge in [-0.2, -0.15) is 0 Å². The van der Waals surface area contributed by atoms with E-state index in [-0.39, 0.29) is 11.3 Å². The highest BCUT2D eigenvalue weighted by Gasteiger charge is 2.25. The Hall–Kier alpha value is -2.15. The molecule has 7 nitrogen and oxygen atoms in total. The second kappa shape index (κ2) is 6.53. The van der Waals surface area contributed by atoms with Gasteiger partial charge in [0.15, 0.2) is 0 Å².